The number of amides is 1. The summed E-state index contributed by atoms with van der Waals surface area (Å²) in [5.74, 6) is 1.82. The third-order valence-corrected chi connectivity index (χ3v) is 3.78. The number of rotatable bonds is 6. The number of hydrogen-bond donors (Lipinski definition) is 1. The Balaban J connectivity index is 1.95. The molecule has 1 amide bonds. The van der Waals surface area contributed by atoms with E-state index in [4.69, 9.17) is 9.47 Å². The fourth-order valence-corrected chi connectivity index (χ4v) is 2.69. The van der Waals surface area contributed by atoms with Crippen LogP contribution in [0.2, 0.25) is 0 Å². The second-order valence-electron chi connectivity index (χ2n) is 5.85. The molecule has 1 aromatic rings. The van der Waals surface area contributed by atoms with Crippen LogP contribution in [0.15, 0.2) is 18.2 Å². The molecule has 0 saturated heterocycles. The first kappa shape index (κ1) is 15.7. The van der Waals surface area contributed by atoms with Crippen molar-refractivity contribution in [3.63, 3.8) is 0 Å². The Morgan fingerprint density at radius 3 is 2.62 bits per heavy atom. The van der Waals surface area contributed by atoms with Crippen molar-refractivity contribution in [2.45, 2.75) is 52.2 Å². The predicted octanol–water partition coefficient (Wildman–Crippen LogP) is 3.29. The van der Waals surface area contributed by atoms with Crippen molar-refractivity contribution >= 4 is 5.91 Å². The molecule has 0 atom stereocenters. The average Bonchev–Trinajstić information content (AvgIpc) is 2.99. The third-order valence-electron chi connectivity index (χ3n) is 3.78. The summed E-state index contributed by atoms with van der Waals surface area (Å²) >= 11 is 0. The van der Waals surface area contributed by atoms with E-state index in [1.807, 2.05) is 32.0 Å². The Kier molecular flexibility index (Phi) is 5.48. The minimum atomic E-state index is 0.104. The van der Waals surface area contributed by atoms with Gasteiger partial charge >= 0.3 is 0 Å². The lowest BCUT2D eigenvalue weighted by Crippen LogP contribution is -2.28. The van der Waals surface area contributed by atoms with Crippen LogP contribution in [0, 0.1) is 5.92 Å². The van der Waals surface area contributed by atoms with E-state index in [1.54, 1.807) is 7.11 Å². The highest BCUT2D eigenvalue weighted by atomic mass is 16.5. The first-order valence-electron chi connectivity index (χ1n) is 7.71. The molecule has 1 aliphatic rings. The normalized spacial score (nSPS) is 15.2. The predicted molar refractivity (Wildman–Crippen MR) is 82.6 cm³/mol. The van der Waals surface area contributed by atoms with Gasteiger partial charge in [-0.1, -0.05) is 18.9 Å². The zero-order valence-electron chi connectivity index (χ0n) is 13.1. The second kappa shape index (κ2) is 7.34. The third kappa shape index (κ3) is 4.38. The van der Waals surface area contributed by atoms with Crippen LogP contribution >= 0.6 is 0 Å². The van der Waals surface area contributed by atoms with Crippen molar-refractivity contribution in [1.82, 2.24) is 5.32 Å². The molecular formula is C17H25NO3. The molecule has 0 aliphatic heterocycles. The smallest absolute Gasteiger partial charge is 0.223 e. The molecule has 0 aromatic heterocycles. The molecule has 4 heteroatoms. The van der Waals surface area contributed by atoms with Crippen molar-refractivity contribution in [3.05, 3.63) is 23.8 Å². The van der Waals surface area contributed by atoms with Gasteiger partial charge < -0.3 is 14.8 Å². The van der Waals surface area contributed by atoms with E-state index in [1.165, 1.54) is 12.8 Å². The summed E-state index contributed by atoms with van der Waals surface area (Å²) in [7, 11) is 1.63. The topological polar surface area (TPSA) is 47.6 Å². The van der Waals surface area contributed by atoms with Gasteiger partial charge in [0, 0.05) is 12.5 Å². The van der Waals surface area contributed by atoms with E-state index in [0.29, 0.717) is 12.3 Å². The molecule has 2 rings (SSSR count). The van der Waals surface area contributed by atoms with Crippen LogP contribution < -0.4 is 14.8 Å². The fourth-order valence-electron chi connectivity index (χ4n) is 2.69. The molecule has 0 heterocycles. The van der Waals surface area contributed by atoms with Crippen molar-refractivity contribution in [2.75, 3.05) is 7.11 Å². The van der Waals surface area contributed by atoms with Gasteiger partial charge in [0.2, 0.25) is 5.91 Å². The quantitative estimate of drug-likeness (QED) is 0.875. The van der Waals surface area contributed by atoms with Crippen molar-refractivity contribution in [2.24, 2.45) is 5.92 Å². The van der Waals surface area contributed by atoms with Crippen LogP contribution in [0.3, 0.4) is 0 Å². The van der Waals surface area contributed by atoms with Crippen molar-refractivity contribution in [3.8, 4) is 11.5 Å². The number of ether oxygens (including phenoxy) is 2. The van der Waals surface area contributed by atoms with E-state index < -0.39 is 0 Å². The molecule has 0 bridgehead atoms. The standard InChI is InChI=1S/C17H25NO3/c1-12(2)21-15-9-8-13(10-16(15)20-3)11-18-17(19)14-6-4-5-7-14/h8-10,12,14H,4-7,11H2,1-3H3,(H,18,19). The summed E-state index contributed by atoms with van der Waals surface area (Å²) in [6.07, 6.45) is 4.50. The SMILES string of the molecule is COc1cc(CNC(=O)C2CCCC2)ccc1OC(C)C. The minimum Gasteiger partial charge on any atom is -0.493 e. The van der Waals surface area contributed by atoms with Crippen molar-refractivity contribution < 1.29 is 14.3 Å². The number of benzene rings is 1. The van der Waals surface area contributed by atoms with Gasteiger partial charge in [-0.05, 0) is 44.4 Å². The van der Waals surface area contributed by atoms with Gasteiger partial charge in [-0.15, -0.1) is 0 Å². The number of carbonyl (C=O) groups is 1. The summed E-state index contributed by atoms with van der Waals surface area (Å²) < 4.78 is 11.0. The lowest BCUT2D eigenvalue weighted by molar-refractivity contribution is -0.124. The highest BCUT2D eigenvalue weighted by molar-refractivity contribution is 5.78. The molecule has 1 aliphatic carbocycles. The highest BCUT2D eigenvalue weighted by Gasteiger charge is 2.22. The van der Waals surface area contributed by atoms with E-state index in [9.17, 15) is 4.79 Å². The lowest BCUT2D eigenvalue weighted by Gasteiger charge is -2.15. The molecule has 4 nitrogen and oxygen atoms in total. The maximum absolute atomic E-state index is 12.0. The van der Waals surface area contributed by atoms with Gasteiger partial charge in [-0.2, -0.15) is 0 Å². The number of nitrogens with one attached hydrogen (secondary N) is 1. The summed E-state index contributed by atoms with van der Waals surface area (Å²) in [6, 6.07) is 5.79. The summed E-state index contributed by atoms with van der Waals surface area (Å²) in [5, 5.41) is 3.02. The van der Waals surface area contributed by atoms with E-state index in [0.717, 1.165) is 24.2 Å². The van der Waals surface area contributed by atoms with Gasteiger partial charge in [0.25, 0.3) is 0 Å². The van der Waals surface area contributed by atoms with Gasteiger partial charge in [0.05, 0.1) is 13.2 Å². The molecule has 1 aromatic carbocycles. The first-order valence-corrected chi connectivity index (χ1v) is 7.71. The molecule has 0 radical (unpaired) electrons. The van der Waals surface area contributed by atoms with Gasteiger partial charge in [-0.3, -0.25) is 4.79 Å². The van der Waals surface area contributed by atoms with Gasteiger partial charge in [-0.25, -0.2) is 0 Å². The molecule has 0 spiro atoms. The van der Waals surface area contributed by atoms with Crippen LogP contribution in [-0.4, -0.2) is 19.1 Å². The first-order chi connectivity index (χ1) is 10.1. The Bertz CT molecular complexity index is 479. The molecule has 116 valence electrons. The average molecular weight is 291 g/mol. The second-order valence-corrected chi connectivity index (χ2v) is 5.85. The maximum atomic E-state index is 12.0. The summed E-state index contributed by atoms with van der Waals surface area (Å²) in [4.78, 5) is 12.0. The van der Waals surface area contributed by atoms with Crippen LogP contribution in [0.25, 0.3) is 0 Å². The highest BCUT2D eigenvalue weighted by Crippen LogP contribution is 2.29. The van der Waals surface area contributed by atoms with Crippen LogP contribution in [-0.2, 0) is 11.3 Å². The zero-order chi connectivity index (χ0) is 15.2. The molecular weight excluding hydrogens is 266 g/mol. The van der Waals surface area contributed by atoms with Crippen LogP contribution in [0.1, 0.15) is 45.1 Å². The van der Waals surface area contributed by atoms with E-state index >= 15 is 0 Å². The van der Waals surface area contributed by atoms with E-state index in [-0.39, 0.29) is 17.9 Å². The lowest BCUT2D eigenvalue weighted by atomic mass is 10.1. The molecule has 21 heavy (non-hydrogen) atoms. The number of carbonyl (C=O) groups excluding carboxylic acids is 1. The maximum Gasteiger partial charge on any atom is 0.223 e. The van der Waals surface area contributed by atoms with Crippen LogP contribution in [0.5, 0.6) is 11.5 Å². The van der Waals surface area contributed by atoms with Gasteiger partial charge in [0.1, 0.15) is 0 Å². The number of methoxy groups -OCH3 is 1. The Morgan fingerprint density at radius 2 is 2.00 bits per heavy atom. The van der Waals surface area contributed by atoms with E-state index in [2.05, 4.69) is 5.32 Å². The largest absolute Gasteiger partial charge is 0.493 e. The fraction of sp³-hybridized carbons (Fsp3) is 0.588. The van der Waals surface area contributed by atoms with Gasteiger partial charge in [0.15, 0.2) is 11.5 Å². The molecule has 1 fully saturated rings. The number of hydrogen-bond acceptors (Lipinski definition) is 3. The molecule has 1 N–H and O–H groups in total. The minimum absolute atomic E-state index is 0.104. The van der Waals surface area contributed by atoms with Crippen molar-refractivity contribution in [1.29, 1.82) is 0 Å². The zero-order valence-corrected chi connectivity index (χ0v) is 13.1. The summed E-state index contributed by atoms with van der Waals surface area (Å²) in [6.45, 7) is 4.50. The molecule has 0 unspecified atom stereocenters. The molecule has 1 saturated carbocycles. The Labute approximate surface area is 126 Å². The summed E-state index contributed by atoms with van der Waals surface area (Å²) in [5.41, 5.74) is 1.02. The van der Waals surface area contributed by atoms with Crippen LogP contribution in [0.4, 0.5) is 0 Å². The Morgan fingerprint density at radius 1 is 1.29 bits per heavy atom. The monoisotopic (exact) mass is 291 g/mol. The Hall–Kier alpha value is -1.71.